The maximum Gasteiger partial charge on any atom is 0.223 e. The van der Waals surface area contributed by atoms with Gasteiger partial charge in [-0.15, -0.1) is 0 Å². The van der Waals surface area contributed by atoms with Crippen LogP contribution in [0.4, 0.5) is 10.3 Å². The molecule has 1 atom stereocenters. The van der Waals surface area contributed by atoms with Gasteiger partial charge in [-0.05, 0) is 31.5 Å². The van der Waals surface area contributed by atoms with Crippen molar-refractivity contribution in [3.63, 3.8) is 0 Å². The summed E-state index contributed by atoms with van der Waals surface area (Å²) in [4.78, 5) is 8.23. The van der Waals surface area contributed by atoms with Crippen LogP contribution in [0.5, 0.6) is 0 Å². The second-order valence-corrected chi connectivity index (χ2v) is 4.49. The number of anilines is 1. The Kier molecular flexibility index (Phi) is 3.77. The Bertz CT molecular complexity index is 522. The molecular weight excluding hydrogens is 253 g/mol. The summed E-state index contributed by atoms with van der Waals surface area (Å²) in [6.07, 6.45) is 3.40. The minimum Gasteiger partial charge on any atom is -0.348 e. The van der Waals surface area contributed by atoms with E-state index in [1.807, 2.05) is 13.8 Å². The first-order valence-electron chi connectivity index (χ1n) is 5.57. The van der Waals surface area contributed by atoms with Gasteiger partial charge in [0.25, 0.3) is 0 Å². The molecule has 2 aromatic rings. The van der Waals surface area contributed by atoms with Crippen LogP contribution < -0.4 is 5.32 Å². The van der Waals surface area contributed by atoms with Gasteiger partial charge < -0.3 is 5.32 Å². The number of nitrogens with zero attached hydrogens (tertiary/aromatic N) is 2. The van der Waals surface area contributed by atoms with E-state index in [4.69, 9.17) is 11.6 Å². The van der Waals surface area contributed by atoms with Gasteiger partial charge in [-0.2, -0.15) is 0 Å². The van der Waals surface area contributed by atoms with Crippen LogP contribution in [0.15, 0.2) is 30.6 Å². The van der Waals surface area contributed by atoms with E-state index >= 15 is 0 Å². The van der Waals surface area contributed by atoms with Gasteiger partial charge in [0.1, 0.15) is 5.82 Å². The number of rotatable bonds is 3. The van der Waals surface area contributed by atoms with E-state index in [1.165, 1.54) is 6.07 Å². The third kappa shape index (κ3) is 2.76. The molecule has 0 aliphatic carbocycles. The quantitative estimate of drug-likeness (QED) is 0.918. The summed E-state index contributed by atoms with van der Waals surface area (Å²) >= 11 is 6.00. The van der Waals surface area contributed by atoms with Crippen molar-refractivity contribution in [3.8, 4) is 0 Å². The molecule has 0 amide bonds. The molecule has 0 fully saturated rings. The van der Waals surface area contributed by atoms with Gasteiger partial charge >= 0.3 is 0 Å². The van der Waals surface area contributed by atoms with Crippen LogP contribution in [-0.4, -0.2) is 9.97 Å². The predicted molar refractivity (Wildman–Crippen MR) is 70.2 cm³/mol. The molecule has 0 bridgehead atoms. The molecule has 94 valence electrons. The molecule has 0 aliphatic heterocycles. The first kappa shape index (κ1) is 12.8. The van der Waals surface area contributed by atoms with Crippen LogP contribution in [0.25, 0.3) is 0 Å². The Morgan fingerprint density at radius 3 is 2.56 bits per heavy atom. The van der Waals surface area contributed by atoms with Crippen molar-refractivity contribution < 1.29 is 4.39 Å². The number of hydrogen-bond acceptors (Lipinski definition) is 3. The lowest BCUT2D eigenvalue weighted by Crippen LogP contribution is -2.11. The Morgan fingerprint density at radius 1 is 1.28 bits per heavy atom. The highest BCUT2D eigenvalue weighted by Gasteiger charge is 2.15. The van der Waals surface area contributed by atoms with E-state index in [1.54, 1.807) is 24.5 Å². The molecule has 18 heavy (non-hydrogen) atoms. The molecule has 1 N–H and O–H groups in total. The van der Waals surface area contributed by atoms with Crippen LogP contribution in [0.1, 0.15) is 24.1 Å². The van der Waals surface area contributed by atoms with E-state index in [9.17, 15) is 4.39 Å². The lowest BCUT2D eigenvalue weighted by Gasteiger charge is -2.16. The number of benzene rings is 1. The van der Waals surface area contributed by atoms with Gasteiger partial charge in [-0.3, -0.25) is 0 Å². The SMILES string of the molecule is Cc1cnc(NC(C)c2c(F)cccc2Cl)nc1. The van der Waals surface area contributed by atoms with Gasteiger partial charge in [0.2, 0.25) is 5.95 Å². The minimum atomic E-state index is -0.338. The van der Waals surface area contributed by atoms with Gasteiger partial charge in [0.15, 0.2) is 0 Å². The molecule has 1 heterocycles. The van der Waals surface area contributed by atoms with Crippen molar-refractivity contribution >= 4 is 17.5 Å². The maximum atomic E-state index is 13.7. The fraction of sp³-hybridized carbons (Fsp3) is 0.231. The first-order valence-corrected chi connectivity index (χ1v) is 5.95. The third-order valence-electron chi connectivity index (χ3n) is 2.56. The van der Waals surface area contributed by atoms with Crippen LogP contribution in [0.2, 0.25) is 5.02 Å². The summed E-state index contributed by atoms with van der Waals surface area (Å²) < 4.78 is 13.7. The zero-order valence-electron chi connectivity index (χ0n) is 10.1. The Labute approximate surface area is 110 Å². The van der Waals surface area contributed by atoms with Gasteiger partial charge in [0, 0.05) is 23.0 Å². The number of nitrogens with one attached hydrogen (secondary N) is 1. The summed E-state index contributed by atoms with van der Waals surface area (Å²) in [6.45, 7) is 3.72. The normalized spacial score (nSPS) is 12.2. The van der Waals surface area contributed by atoms with E-state index in [0.29, 0.717) is 16.5 Å². The maximum absolute atomic E-state index is 13.7. The molecule has 0 spiro atoms. The van der Waals surface area contributed by atoms with Crippen molar-refractivity contribution in [2.75, 3.05) is 5.32 Å². The van der Waals surface area contributed by atoms with Crippen LogP contribution in [0, 0.1) is 12.7 Å². The zero-order valence-corrected chi connectivity index (χ0v) is 10.9. The second-order valence-electron chi connectivity index (χ2n) is 4.09. The molecule has 0 saturated heterocycles. The number of hydrogen-bond donors (Lipinski definition) is 1. The van der Waals surface area contributed by atoms with E-state index in [2.05, 4.69) is 15.3 Å². The molecular formula is C13H13ClFN3. The zero-order chi connectivity index (χ0) is 13.1. The average molecular weight is 266 g/mol. The summed E-state index contributed by atoms with van der Waals surface area (Å²) in [5.74, 6) is 0.113. The highest BCUT2D eigenvalue weighted by atomic mass is 35.5. The topological polar surface area (TPSA) is 37.8 Å². The Morgan fingerprint density at radius 2 is 1.94 bits per heavy atom. The lowest BCUT2D eigenvalue weighted by atomic mass is 10.1. The van der Waals surface area contributed by atoms with Crippen molar-refractivity contribution in [1.82, 2.24) is 9.97 Å². The fourth-order valence-electron chi connectivity index (χ4n) is 1.66. The summed E-state index contributed by atoms with van der Waals surface area (Å²) in [6, 6.07) is 4.32. The molecule has 1 unspecified atom stereocenters. The second kappa shape index (κ2) is 5.31. The van der Waals surface area contributed by atoms with Crippen LogP contribution in [-0.2, 0) is 0 Å². The molecule has 1 aromatic carbocycles. The fourth-order valence-corrected chi connectivity index (χ4v) is 1.98. The Hall–Kier alpha value is -1.68. The molecule has 1 aromatic heterocycles. The highest BCUT2D eigenvalue weighted by Crippen LogP contribution is 2.27. The predicted octanol–water partition coefficient (Wildman–Crippen LogP) is 3.75. The van der Waals surface area contributed by atoms with Crippen LogP contribution in [0.3, 0.4) is 0 Å². The number of aromatic nitrogens is 2. The van der Waals surface area contributed by atoms with E-state index in [-0.39, 0.29) is 11.9 Å². The molecule has 0 aliphatic rings. The van der Waals surface area contributed by atoms with Gasteiger partial charge in [0.05, 0.1) is 6.04 Å². The van der Waals surface area contributed by atoms with Gasteiger partial charge in [-0.1, -0.05) is 17.7 Å². The summed E-state index contributed by atoms with van der Waals surface area (Å²) in [5, 5.41) is 3.41. The number of halogens is 2. The first-order chi connectivity index (χ1) is 8.58. The third-order valence-corrected chi connectivity index (χ3v) is 2.89. The number of aryl methyl sites for hydroxylation is 1. The summed E-state index contributed by atoms with van der Waals surface area (Å²) in [5.41, 5.74) is 1.39. The molecule has 2 rings (SSSR count). The van der Waals surface area contributed by atoms with Crippen molar-refractivity contribution in [1.29, 1.82) is 0 Å². The van der Waals surface area contributed by atoms with E-state index in [0.717, 1.165) is 5.56 Å². The summed E-state index contributed by atoms with van der Waals surface area (Å²) in [7, 11) is 0. The van der Waals surface area contributed by atoms with Crippen LogP contribution >= 0.6 is 11.6 Å². The van der Waals surface area contributed by atoms with E-state index < -0.39 is 0 Å². The lowest BCUT2D eigenvalue weighted by molar-refractivity contribution is 0.600. The van der Waals surface area contributed by atoms with Crippen molar-refractivity contribution in [2.45, 2.75) is 19.9 Å². The highest BCUT2D eigenvalue weighted by molar-refractivity contribution is 6.31. The monoisotopic (exact) mass is 265 g/mol. The molecule has 3 nitrogen and oxygen atoms in total. The van der Waals surface area contributed by atoms with Gasteiger partial charge in [-0.25, -0.2) is 14.4 Å². The average Bonchev–Trinajstić information content (AvgIpc) is 2.32. The Balaban J connectivity index is 2.22. The largest absolute Gasteiger partial charge is 0.348 e. The molecule has 0 radical (unpaired) electrons. The van der Waals surface area contributed by atoms with Crippen molar-refractivity contribution in [2.24, 2.45) is 0 Å². The molecule has 0 saturated carbocycles. The minimum absolute atomic E-state index is 0.304. The standard InChI is InChI=1S/C13H13ClFN3/c1-8-6-16-13(17-7-8)18-9(2)12-10(14)4-3-5-11(12)15/h3-7,9H,1-2H3,(H,16,17,18). The smallest absolute Gasteiger partial charge is 0.223 e. The molecule has 5 heteroatoms. The van der Waals surface area contributed by atoms with Crippen molar-refractivity contribution in [3.05, 3.63) is 52.6 Å².